The predicted molar refractivity (Wildman–Crippen MR) is 118 cm³/mol. The Morgan fingerprint density at radius 2 is 1.11 bits per heavy atom. The maximum Gasteiger partial charge on any atom is 0.307 e. The summed E-state index contributed by atoms with van der Waals surface area (Å²) < 4.78 is 4.68. The minimum atomic E-state index is -0.203. The Bertz CT molecular complexity index is 751. The molecular weight excluding hydrogens is 363 g/mol. The second kappa shape index (κ2) is 10.2. The maximum atomic E-state index is 11.4. The third kappa shape index (κ3) is 4.69. The van der Waals surface area contributed by atoms with Crippen molar-refractivity contribution in [2.24, 2.45) is 0 Å². The summed E-state index contributed by atoms with van der Waals surface area (Å²) in [5, 5.41) is 0. The lowest BCUT2D eigenvalue weighted by Gasteiger charge is -2.36. The molecule has 3 rings (SSSR count). The topological polar surface area (TPSA) is 26.3 Å². The van der Waals surface area contributed by atoms with E-state index in [1.54, 1.807) is 0 Å². The third-order valence-electron chi connectivity index (χ3n) is 5.36. The second-order valence-corrected chi connectivity index (χ2v) is 7.29. The summed E-state index contributed by atoms with van der Waals surface area (Å²) in [4.78, 5) is 11.4. The standard InChI is InChI=1S/C25H27O2P/c26-24(27-28)19-11-4-12-20-25(21-13-5-1-6-14-21,22-15-7-2-8-16-22)23-17-9-3-10-18-23/h1-3,5-10,13-18H,4,11-12,19-20,28H2. The van der Waals surface area contributed by atoms with Crippen molar-refractivity contribution >= 4 is 15.4 Å². The smallest absolute Gasteiger partial charge is 0.307 e. The van der Waals surface area contributed by atoms with Crippen LogP contribution in [0.25, 0.3) is 0 Å². The Kier molecular flexibility index (Phi) is 7.39. The van der Waals surface area contributed by atoms with Crippen LogP contribution < -0.4 is 0 Å². The SMILES string of the molecule is O=C(CCCCCC(c1ccccc1)(c1ccccc1)c1ccccc1)OP. The molecule has 0 radical (unpaired) electrons. The number of benzene rings is 3. The van der Waals surface area contributed by atoms with Crippen molar-refractivity contribution in [2.75, 3.05) is 0 Å². The lowest BCUT2D eigenvalue weighted by Crippen LogP contribution is -2.29. The lowest BCUT2D eigenvalue weighted by atomic mass is 9.66. The van der Waals surface area contributed by atoms with Crippen molar-refractivity contribution in [3.8, 4) is 0 Å². The maximum absolute atomic E-state index is 11.4. The van der Waals surface area contributed by atoms with Crippen molar-refractivity contribution in [3.63, 3.8) is 0 Å². The monoisotopic (exact) mass is 390 g/mol. The zero-order valence-corrected chi connectivity index (χ0v) is 17.2. The van der Waals surface area contributed by atoms with E-state index in [0.29, 0.717) is 6.42 Å². The van der Waals surface area contributed by atoms with E-state index in [9.17, 15) is 4.79 Å². The predicted octanol–water partition coefficient (Wildman–Crippen LogP) is 6.30. The van der Waals surface area contributed by atoms with Gasteiger partial charge in [0.1, 0.15) is 0 Å². The molecule has 0 saturated carbocycles. The Morgan fingerprint density at radius 3 is 1.50 bits per heavy atom. The molecule has 1 unspecified atom stereocenters. The summed E-state index contributed by atoms with van der Waals surface area (Å²) in [6, 6.07) is 32.3. The number of carbonyl (C=O) groups excluding carboxylic acids is 1. The molecule has 0 aliphatic rings. The molecule has 144 valence electrons. The molecule has 3 aromatic rings. The molecule has 0 saturated heterocycles. The molecule has 3 heteroatoms. The Labute approximate surface area is 170 Å². The van der Waals surface area contributed by atoms with E-state index in [4.69, 9.17) is 0 Å². The van der Waals surface area contributed by atoms with Gasteiger partial charge in [-0.05, 0) is 29.5 Å². The minimum absolute atomic E-state index is 0.162. The van der Waals surface area contributed by atoms with Crippen LogP contribution in [-0.4, -0.2) is 5.97 Å². The lowest BCUT2D eigenvalue weighted by molar-refractivity contribution is -0.133. The fourth-order valence-corrected chi connectivity index (χ4v) is 4.11. The average molecular weight is 390 g/mol. The molecule has 0 N–H and O–H groups in total. The summed E-state index contributed by atoms with van der Waals surface area (Å²) in [5.74, 6) is -0.162. The molecule has 1 atom stereocenters. The number of unbranched alkanes of at least 4 members (excludes halogenated alkanes) is 2. The molecule has 0 heterocycles. The Morgan fingerprint density at radius 1 is 0.679 bits per heavy atom. The summed E-state index contributed by atoms with van der Waals surface area (Å²) in [5.41, 5.74) is 3.70. The van der Waals surface area contributed by atoms with Gasteiger partial charge in [0.15, 0.2) is 0 Å². The van der Waals surface area contributed by atoms with Crippen molar-refractivity contribution in [1.82, 2.24) is 0 Å². The Hall–Kier alpha value is -2.44. The van der Waals surface area contributed by atoms with Gasteiger partial charge in [-0.25, -0.2) is 0 Å². The van der Waals surface area contributed by atoms with E-state index in [1.807, 2.05) is 9.47 Å². The van der Waals surface area contributed by atoms with Gasteiger partial charge in [-0.3, -0.25) is 4.79 Å². The van der Waals surface area contributed by atoms with E-state index in [2.05, 4.69) is 95.5 Å². The van der Waals surface area contributed by atoms with Gasteiger partial charge in [0.05, 0.1) is 9.47 Å². The van der Waals surface area contributed by atoms with Gasteiger partial charge in [0, 0.05) is 11.8 Å². The molecule has 2 nitrogen and oxygen atoms in total. The van der Waals surface area contributed by atoms with Gasteiger partial charge in [-0.2, -0.15) is 0 Å². The van der Waals surface area contributed by atoms with Gasteiger partial charge >= 0.3 is 5.97 Å². The van der Waals surface area contributed by atoms with Gasteiger partial charge in [-0.15, -0.1) is 0 Å². The number of hydrogen-bond acceptors (Lipinski definition) is 2. The minimum Gasteiger partial charge on any atom is -0.452 e. The van der Waals surface area contributed by atoms with Gasteiger partial charge in [0.25, 0.3) is 0 Å². The number of rotatable bonds is 9. The van der Waals surface area contributed by atoms with E-state index in [-0.39, 0.29) is 11.4 Å². The first-order valence-electron chi connectivity index (χ1n) is 9.83. The highest BCUT2D eigenvalue weighted by atomic mass is 31.0. The van der Waals surface area contributed by atoms with Crippen molar-refractivity contribution < 1.29 is 9.32 Å². The molecule has 0 fully saturated rings. The quantitative estimate of drug-likeness (QED) is 0.243. The summed E-state index contributed by atoms with van der Waals surface area (Å²) in [6.45, 7) is 0. The van der Waals surface area contributed by atoms with Gasteiger partial charge in [-0.1, -0.05) is 104 Å². The largest absolute Gasteiger partial charge is 0.452 e. The molecular formula is C25H27O2P. The van der Waals surface area contributed by atoms with Gasteiger partial charge in [0.2, 0.25) is 0 Å². The number of carbonyl (C=O) groups is 1. The number of hydrogen-bond donors (Lipinski definition) is 0. The normalized spacial score (nSPS) is 11.2. The molecule has 0 spiro atoms. The van der Waals surface area contributed by atoms with Crippen LogP contribution in [0.5, 0.6) is 0 Å². The first-order chi connectivity index (χ1) is 13.8. The first kappa shape index (κ1) is 20.3. The Balaban J connectivity index is 1.96. The van der Waals surface area contributed by atoms with E-state index in [0.717, 1.165) is 25.7 Å². The third-order valence-corrected chi connectivity index (χ3v) is 5.63. The van der Waals surface area contributed by atoms with Crippen molar-refractivity contribution in [2.45, 2.75) is 37.5 Å². The van der Waals surface area contributed by atoms with Crippen LogP contribution in [0.15, 0.2) is 91.0 Å². The van der Waals surface area contributed by atoms with Crippen LogP contribution >= 0.6 is 9.47 Å². The highest BCUT2D eigenvalue weighted by molar-refractivity contribution is 7.10. The van der Waals surface area contributed by atoms with Crippen LogP contribution in [0.1, 0.15) is 48.8 Å². The zero-order valence-electron chi connectivity index (χ0n) is 16.1. The van der Waals surface area contributed by atoms with Crippen LogP contribution in [0.4, 0.5) is 0 Å². The first-order valence-corrected chi connectivity index (χ1v) is 10.3. The molecule has 0 aliphatic carbocycles. The molecule has 0 aliphatic heterocycles. The summed E-state index contributed by atoms with van der Waals surface area (Å²) in [7, 11) is 2.03. The fourth-order valence-electron chi connectivity index (χ4n) is 4.00. The molecule has 0 bridgehead atoms. The molecule has 3 aromatic carbocycles. The van der Waals surface area contributed by atoms with E-state index >= 15 is 0 Å². The van der Waals surface area contributed by atoms with Crippen molar-refractivity contribution in [3.05, 3.63) is 108 Å². The van der Waals surface area contributed by atoms with Crippen LogP contribution in [0.3, 0.4) is 0 Å². The van der Waals surface area contributed by atoms with Crippen LogP contribution in [0, 0.1) is 0 Å². The van der Waals surface area contributed by atoms with Gasteiger partial charge < -0.3 is 4.52 Å². The van der Waals surface area contributed by atoms with Crippen LogP contribution in [0.2, 0.25) is 0 Å². The molecule has 0 aromatic heterocycles. The molecule has 28 heavy (non-hydrogen) atoms. The fraction of sp³-hybridized carbons (Fsp3) is 0.240. The van der Waals surface area contributed by atoms with Crippen LogP contribution in [-0.2, 0) is 14.7 Å². The van der Waals surface area contributed by atoms with Crippen molar-refractivity contribution in [1.29, 1.82) is 0 Å². The van der Waals surface area contributed by atoms with E-state index < -0.39 is 0 Å². The highest BCUT2D eigenvalue weighted by Crippen LogP contribution is 2.43. The zero-order chi connectivity index (χ0) is 19.7. The second-order valence-electron chi connectivity index (χ2n) is 7.05. The summed E-state index contributed by atoms with van der Waals surface area (Å²) in [6.07, 6.45) is 4.33. The average Bonchev–Trinajstić information content (AvgIpc) is 2.78. The molecule has 0 amide bonds. The van der Waals surface area contributed by atoms with E-state index in [1.165, 1.54) is 16.7 Å². The highest BCUT2D eigenvalue weighted by Gasteiger charge is 2.35. The summed E-state index contributed by atoms with van der Waals surface area (Å²) >= 11 is 0.